The molecule has 2 N–H and O–H groups in total. The summed E-state index contributed by atoms with van der Waals surface area (Å²) in [6.07, 6.45) is 1.46. The zero-order chi connectivity index (χ0) is 20.7. The molecule has 0 heterocycles. The van der Waals surface area contributed by atoms with Gasteiger partial charge in [0.2, 0.25) is 0 Å². The molecule has 0 fully saturated rings. The molecule has 7 heteroatoms. The number of benzene rings is 2. The highest BCUT2D eigenvalue weighted by Gasteiger charge is 2.14. The number of hydrazone groups is 1. The van der Waals surface area contributed by atoms with Crippen molar-refractivity contribution < 1.29 is 19.1 Å². The summed E-state index contributed by atoms with van der Waals surface area (Å²) in [7, 11) is 1.28. The SMILES string of the molecule is COC(=O)c1ccc(NC(=O)C(=O)N/N=C\c2ccc(C(C)(C)C)cc2)cc1. The summed E-state index contributed by atoms with van der Waals surface area (Å²) in [5, 5.41) is 6.22. The number of carbonyl (C=O) groups excluding carboxylic acids is 3. The van der Waals surface area contributed by atoms with E-state index in [4.69, 9.17) is 0 Å². The van der Waals surface area contributed by atoms with E-state index in [0.29, 0.717) is 11.3 Å². The van der Waals surface area contributed by atoms with Gasteiger partial charge in [-0.05, 0) is 40.8 Å². The van der Waals surface area contributed by atoms with Gasteiger partial charge in [0, 0.05) is 5.69 Å². The molecule has 0 aliphatic heterocycles. The lowest BCUT2D eigenvalue weighted by Gasteiger charge is -2.18. The predicted molar refractivity (Wildman–Crippen MR) is 107 cm³/mol. The summed E-state index contributed by atoms with van der Waals surface area (Å²) in [5.41, 5.74) is 4.93. The first kappa shape index (κ1) is 20.8. The summed E-state index contributed by atoms with van der Waals surface area (Å²) in [6, 6.07) is 13.7. The zero-order valence-electron chi connectivity index (χ0n) is 16.3. The van der Waals surface area contributed by atoms with Crippen molar-refractivity contribution in [2.75, 3.05) is 12.4 Å². The van der Waals surface area contributed by atoms with Crippen molar-refractivity contribution in [2.24, 2.45) is 5.10 Å². The Morgan fingerprint density at radius 2 is 1.54 bits per heavy atom. The summed E-state index contributed by atoms with van der Waals surface area (Å²) in [5.74, 6) is -2.26. The second kappa shape index (κ2) is 8.94. The maximum absolute atomic E-state index is 11.9. The van der Waals surface area contributed by atoms with E-state index in [1.54, 1.807) is 0 Å². The van der Waals surface area contributed by atoms with Crippen LogP contribution in [0.3, 0.4) is 0 Å². The molecule has 0 aliphatic rings. The van der Waals surface area contributed by atoms with Crippen LogP contribution in [0.4, 0.5) is 5.69 Å². The molecule has 2 rings (SSSR count). The number of nitrogens with zero attached hydrogens (tertiary/aromatic N) is 1. The van der Waals surface area contributed by atoms with E-state index in [2.05, 4.69) is 41.4 Å². The van der Waals surface area contributed by atoms with Crippen LogP contribution in [0, 0.1) is 0 Å². The third-order valence-electron chi connectivity index (χ3n) is 3.93. The molecule has 28 heavy (non-hydrogen) atoms. The van der Waals surface area contributed by atoms with Crippen LogP contribution in [0.2, 0.25) is 0 Å². The second-order valence-corrected chi connectivity index (χ2v) is 7.09. The lowest BCUT2D eigenvalue weighted by molar-refractivity contribution is -0.136. The first-order valence-corrected chi connectivity index (χ1v) is 8.64. The van der Waals surface area contributed by atoms with E-state index in [1.807, 2.05) is 24.3 Å². The van der Waals surface area contributed by atoms with Gasteiger partial charge < -0.3 is 10.1 Å². The molecule has 0 bridgehead atoms. The number of ether oxygens (including phenoxy) is 1. The average molecular weight is 381 g/mol. The van der Waals surface area contributed by atoms with Gasteiger partial charge in [-0.3, -0.25) is 9.59 Å². The topological polar surface area (TPSA) is 96.9 Å². The minimum atomic E-state index is -0.903. The summed E-state index contributed by atoms with van der Waals surface area (Å²) < 4.78 is 4.59. The maximum atomic E-state index is 11.9. The van der Waals surface area contributed by atoms with Gasteiger partial charge in [0.25, 0.3) is 0 Å². The first-order chi connectivity index (χ1) is 13.2. The fourth-order valence-electron chi connectivity index (χ4n) is 2.28. The van der Waals surface area contributed by atoms with Crippen LogP contribution in [-0.2, 0) is 19.7 Å². The summed E-state index contributed by atoms with van der Waals surface area (Å²) >= 11 is 0. The molecular formula is C21H23N3O4. The summed E-state index contributed by atoms with van der Waals surface area (Å²) in [4.78, 5) is 35.1. The number of methoxy groups -OCH3 is 1. The average Bonchev–Trinajstić information content (AvgIpc) is 2.67. The Kier molecular flexibility index (Phi) is 6.65. The Morgan fingerprint density at radius 3 is 2.07 bits per heavy atom. The molecule has 2 amide bonds. The van der Waals surface area contributed by atoms with Gasteiger partial charge in [-0.2, -0.15) is 5.10 Å². The van der Waals surface area contributed by atoms with Gasteiger partial charge in [0.15, 0.2) is 0 Å². The second-order valence-electron chi connectivity index (χ2n) is 7.09. The number of esters is 1. The van der Waals surface area contributed by atoms with Gasteiger partial charge in [0.1, 0.15) is 0 Å². The molecule has 2 aromatic carbocycles. The monoisotopic (exact) mass is 381 g/mol. The Morgan fingerprint density at radius 1 is 0.929 bits per heavy atom. The number of nitrogens with one attached hydrogen (secondary N) is 2. The third kappa shape index (κ3) is 5.77. The molecule has 0 radical (unpaired) electrons. The number of hydrogen-bond acceptors (Lipinski definition) is 5. The van der Waals surface area contributed by atoms with Crippen LogP contribution < -0.4 is 10.7 Å². The minimum absolute atomic E-state index is 0.0526. The van der Waals surface area contributed by atoms with Crippen LogP contribution in [-0.4, -0.2) is 31.1 Å². The number of rotatable bonds is 4. The van der Waals surface area contributed by atoms with Crippen LogP contribution in [0.15, 0.2) is 53.6 Å². The Hall–Kier alpha value is -3.48. The number of amides is 2. The molecule has 0 saturated carbocycles. The number of anilines is 1. The highest BCUT2D eigenvalue weighted by atomic mass is 16.5. The molecule has 146 valence electrons. The number of hydrogen-bond donors (Lipinski definition) is 2. The standard InChI is InChI=1S/C21H23N3O4/c1-21(2,3)16-9-5-14(6-10-16)13-22-24-19(26)18(25)23-17-11-7-15(8-12-17)20(27)28-4/h5-13H,1-4H3,(H,23,25)(H,24,26)/b22-13-. The molecule has 0 unspecified atom stereocenters. The van der Waals surface area contributed by atoms with Gasteiger partial charge in [-0.25, -0.2) is 10.2 Å². The number of carbonyl (C=O) groups is 3. The lowest BCUT2D eigenvalue weighted by atomic mass is 9.87. The molecule has 7 nitrogen and oxygen atoms in total. The fourth-order valence-corrected chi connectivity index (χ4v) is 2.28. The maximum Gasteiger partial charge on any atom is 0.337 e. The van der Waals surface area contributed by atoms with E-state index in [9.17, 15) is 14.4 Å². The first-order valence-electron chi connectivity index (χ1n) is 8.64. The fraction of sp³-hybridized carbons (Fsp3) is 0.238. The molecule has 0 aliphatic carbocycles. The largest absolute Gasteiger partial charge is 0.465 e. The van der Waals surface area contributed by atoms with Gasteiger partial charge >= 0.3 is 17.8 Å². The lowest BCUT2D eigenvalue weighted by Crippen LogP contribution is -2.32. The smallest absolute Gasteiger partial charge is 0.337 e. The summed E-state index contributed by atoms with van der Waals surface area (Å²) in [6.45, 7) is 6.37. The van der Waals surface area contributed by atoms with Crippen molar-refractivity contribution in [1.29, 1.82) is 0 Å². The van der Waals surface area contributed by atoms with E-state index in [-0.39, 0.29) is 5.41 Å². The molecule has 2 aromatic rings. The minimum Gasteiger partial charge on any atom is -0.465 e. The van der Waals surface area contributed by atoms with Crippen molar-refractivity contribution in [3.8, 4) is 0 Å². The highest BCUT2D eigenvalue weighted by molar-refractivity contribution is 6.39. The van der Waals surface area contributed by atoms with Gasteiger partial charge in [-0.15, -0.1) is 0 Å². The van der Waals surface area contributed by atoms with Crippen LogP contribution in [0.25, 0.3) is 0 Å². The van der Waals surface area contributed by atoms with E-state index < -0.39 is 17.8 Å². The van der Waals surface area contributed by atoms with Crippen molar-refractivity contribution in [2.45, 2.75) is 26.2 Å². The normalized spacial score (nSPS) is 11.1. The molecular weight excluding hydrogens is 358 g/mol. The van der Waals surface area contributed by atoms with Gasteiger partial charge in [0.05, 0.1) is 18.9 Å². The van der Waals surface area contributed by atoms with Crippen LogP contribution >= 0.6 is 0 Å². The van der Waals surface area contributed by atoms with Crippen molar-refractivity contribution in [1.82, 2.24) is 5.43 Å². The molecule has 0 saturated heterocycles. The third-order valence-corrected chi connectivity index (χ3v) is 3.93. The molecule has 0 spiro atoms. The zero-order valence-corrected chi connectivity index (χ0v) is 16.3. The Labute approximate surface area is 163 Å². The molecule has 0 atom stereocenters. The van der Waals surface area contributed by atoms with Crippen LogP contribution in [0.5, 0.6) is 0 Å². The van der Waals surface area contributed by atoms with E-state index >= 15 is 0 Å². The quantitative estimate of drug-likeness (QED) is 0.368. The highest BCUT2D eigenvalue weighted by Crippen LogP contribution is 2.21. The van der Waals surface area contributed by atoms with E-state index in [1.165, 1.54) is 43.2 Å². The van der Waals surface area contributed by atoms with Crippen LogP contribution in [0.1, 0.15) is 42.3 Å². The van der Waals surface area contributed by atoms with Gasteiger partial charge in [-0.1, -0.05) is 45.0 Å². The molecule has 0 aromatic heterocycles. The van der Waals surface area contributed by atoms with Crippen molar-refractivity contribution in [3.05, 3.63) is 65.2 Å². The predicted octanol–water partition coefficient (Wildman–Crippen LogP) is 2.86. The van der Waals surface area contributed by atoms with Crippen molar-refractivity contribution >= 4 is 29.7 Å². The van der Waals surface area contributed by atoms with Crippen molar-refractivity contribution in [3.63, 3.8) is 0 Å². The van der Waals surface area contributed by atoms with E-state index in [0.717, 1.165) is 5.56 Å². The Bertz CT molecular complexity index is 879. The Balaban J connectivity index is 1.89.